The van der Waals surface area contributed by atoms with Crippen molar-refractivity contribution in [1.82, 2.24) is 4.90 Å². The van der Waals surface area contributed by atoms with E-state index >= 15 is 0 Å². The summed E-state index contributed by atoms with van der Waals surface area (Å²) in [6, 6.07) is 11.3. The minimum absolute atomic E-state index is 0.319. The Morgan fingerprint density at radius 2 is 1.60 bits per heavy atom. The largest absolute Gasteiger partial charge is 0.306 e. The van der Waals surface area contributed by atoms with Crippen LogP contribution in [-0.4, -0.2) is 25.0 Å². The third-order valence-electron chi connectivity index (χ3n) is 2.89. The Hall–Kier alpha value is -0.820. The molecule has 1 aromatic rings. The first-order valence-corrected chi connectivity index (χ1v) is 5.61. The molecule has 1 rings (SSSR count). The van der Waals surface area contributed by atoms with Crippen LogP contribution in [0.15, 0.2) is 30.3 Å². The molecule has 1 aromatic carbocycles. The first kappa shape index (κ1) is 12.3. The summed E-state index contributed by atoms with van der Waals surface area (Å²) in [6.07, 6.45) is 1.12. The number of nitrogens with zero attached hydrogens (tertiary/aromatic N) is 1. The molecule has 0 aliphatic carbocycles. The summed E-state index contributed by atoms with van der Waals surface area (Å²) < 4.78 is 0. The third kappa shape index (κ3) is 3.67. The average Bonchev–Trinajstić information content (AvgIpc) is 2.13. The van der Waals surface area contributed by atoms with Gasteiger partial charge in [-0.05, 0) is 31.5 Å². The Balaban J connectivity index is 2.77. The van der Waals surface area contributed by atoms with Crippen LogP contribution in [0, 0.1) is 5.41 Å². The third-order valence-corrected chi connectivity index (χ3v) is 2.89. The van der Waals surface area contributed by atoms with Crippen LogP contribution in [0.3, 0.4) is 0 Å². The molecule has 0 fully saturated rings. The monoisotopic (exact) mass is 205 g/mol. The van der Waals surface area contributed by atoms with Crippen molar-refractivity contribution < 1.29 is 0 Å². The van der Waals surface area contributed by atoms with Gasteiger partial charge in [0, 0.05) is 6.04 Å². The van der Waals surface area contributed by atoms with Crippen LogP contribution in [0.2, 0.25) is 0 Å². The smallest absolute Gasteiger partial charge is 0.0178 e. The zero-order valence-electron chi connectivity index (χ0n) is 10.6. The van der Waals surface area contributed by atoms with Crippen molar-refractivity contribution in [2.75, 3.05) is 14.1 Å². The van der Waals surface area contributed by atoms with Crippen LogP contribution in [0.1, 0.15) is 26.3 Å². The first-order valence-electron chi connectivity index (χ1n) is 5.61. The SMILES string of the molecule is CN(C)[C@@H](Cc1ccccc1)C(C)(C)C. The molecule has 0 unspecified atom stereocenters. The van der Waals surface area contributed by atoms with Gasteiger partial charge in [-0.25, -0.2) is 0 Å². The second-order valence-corrected chi connectivity index (χ2v) is 5.54. The van der Waals surface area contributed by atoms with Gasteiger partial charge in [0.15, 0.2) is 0 Å². The summed E-state index contributed by atoms with van der Waals surface area (Å²) in [5.74, 6) is 0. The van der Waals surface area contributed by atoms with E-state index < -0.39 is 0 Å². The standard InChI is InChI=1S/C14H23N/c1-14(2,3)13(15(4)5)11-12-9-7-6-8-10-12/h6-10,13H,11H2,1-5H3/t13-/m0/s1. The molecule has 0 bridgehead atoms. The second kappa shape index (κ2) is 4.80. The van der Waals surface area contributed by atoms with Gasteiger partial charge in [0.05, 0.1) is 0 Å². The van der Waals surface area contributed by atoms with E-state index in [4.69, 9.17) is 0 Å². The van der Waals surface area contributed by atoms with Gasteiger partial charge in [-0.3, -0.25) is 0 Å². The van der Waals surface area contributed by atoms with Crippen molar-refractivity contribution in [3.8, 4) is 0 Å². The van der Waals surface area contributed by atoms with Gasteiger partial charge in [-0.2, -0.15) is 0 Å². The maximum Gasteiger partial charge on any atom is 0.0178 e. The lowest BCUT2D eigenvalue weighted by atomic mass is 9.82. The molecule has 84 valence electrons. The number of likely N-dealkylation sites (N-methyl/N-ethyl adjacent to an activating group) is 1. The number of hydrogen-bond acceptors (Lipinski definition) is 1. The fourth-order valence-corrected chi connectivity index (χ4v) is 2.10. The Morgan fingerprint density at radius 3 is 2.00 bits per heavy atom. The first-order chi connectivity index (χ1) is 6.91. The molecule has 1 atom stereocenters. The highest BCUT2D eigenvalue weighted by atomic mass is 15.1. The van der Waals surface area contributed by atoms with Crippen LogP contribution < -0.4 is 0 Å². The molecule has 0 spiro atoms. The molecule has 0 aromatic heterocycles. The predicted octanol–water partition coefficient (Wildman–Crippen LogP) is 3.21. The number of rotatable bonds is 3. The van der Waals surface area contributed by atoms with E-state index in [0.29, 0.717) is 11.5 Å². The van der Waals surface area contributed by atoms with Crippen molar-refractivity contribution >= 4 is 0 Å². The molecule has 1 heteroatoms. The highest BCUT2D eigenvalue weighted by Gasteiger charge is 2.26. The predicted molar refractivity (Wildman–Crippen MR) is 67.1 cm³/mol. The Kier molecular flexibility index (Phi) is 3.92. The zero-order valence-corrected chi connectivity index (χ0v) is 10.6. The quantitative estimate of drug-likeness (QED) is 0.732. The van der Waals surface area contributed by atoms with Gasteiger partial charge in [0.1, 0.15) is 0 Å². The van der Waals surface area contributed by atoms with Crippen LogP contribution >= 0.6 is 0 Å². The normalized spacial score (nSPS) is 14.3. The van der Waals surface area contributed by atoms with Gasteiger partial charge < -0.3 is 4.90 Å². The summed E-state index contributed by atoms with van der Waals surface area (Å²) in [7, 11) is 4.33. The molecule has 0 saturated heterocycles. The summed E-state index contributed by atoms with van der Waals surface area (Å²) in [5, 5.41) is 0. The minimum atomic E-state index is 0.319. The second-order valence-electron chi connectivity index (χ2n) is 5.54. The van der Waals surface area contributed by atoms with E-state index in [1.54, 1.807) is 0 Å². The van der Waals surface area contributed by atoms with Crippen LogP contribution in [-0.2, 0) is 6.42 Å². The Bertz CT molecular complexity index is 282. The van der Waals surface area contributed by atoms with Gasteiger partial charge in [0.25, 0.3) is 0 Å². The molecule has 0 heterocycles. The van der Waals surface area contributed by atoms with Crippen molar-refractivity contribution in [2.45, 2.75) is 33.2 Å². The summed E-state index contributed by atoms with van der Waals surface area (Å²) in [5.41, 5.74) is 1.74. The van der Waals surface area contributed by atoms with Crippen molar-refractivity contribution in [2.24, 2.45) is 5.41 Å². The van der Waals surface area contributed by atoms with Crippen molar-refractivity contribution in [1.29, 1.82) is 0 Å². The van der Waals surface area contributed by atoms with Gasteiger partial charge in [-0.15, -0.1) is 0 Å². The van der Waals surface area contributed by atoms with Crippen molar-refractivity contribution in [3.05, 3.63) is 35.9 Å². The van der Waals surface area contributed by atoms with E-state index in [2.05, 4.69) is 70.1 Å². The fourth-order valence-electron chi connectivity index (χ4n) is 2.10. The minimum Gasteiger partial charge on any atom is -0.306 e. The van der Waals surface area contributed by atoms with E-state index in [-0.39, 0.29) is 0 Å². The van der Waals surface area contributed by atoms with Crippen molar-refractivity contribution in [3.63, 3.8) is 0 Å². The Labute approximate surface area is 94.1 Å². The lowest BCUT2D eigenvalue weighted by molar-refractivity contribution is 0.152. The van der Waals surface area contributed by atoms with Gasteiger partial charge in [-0.1, -0.05) is 51.1 Å². The number of hydrogen-bond donors (Lipinski definition) is 0. The molecule has 0 radical (unpaired) electrons. The molecule has 0 aliphatic rings. The molecular formula is C14H23N. The zero-order chi connectivity index (χ0) is 11.5. The molecule has 0 saturated carbocycles. The van der Waals surface area contributed by atoms with Crippen LogP contribution in [0.25, 0.3) is 0 Å². The molecule has 1 nitrogen and oxygen atoms in total. The number of benzene rings is 1. The molecule has 0 amide bonds. The highest BCUT2D eigenvalue weighted by molar-refractivity contribution is 5.16. The topological polar surface area (TPSA) is 3.24 Å². The van der Waals surface area contributed by atoms with E-state index in [1.165, 1.54) is 5.56 Å². The fraction of sp³-hybridized carbons (Fsp3) is 0.571. The summed E-state index contributed by atoms with van der Waals surface area (Å²) >= 11 is 0. The highest BCUT2D eigenvalue weighted by Crippen LogP contribution is 2.25. The lowest BCUT2D eigenvalue weighted by Gasteiger charge is -2.36. The molecule has 0 N–H and O–H groups in total. The molecule has 15 heavy (non-hydrogen) atoms. The van der Waals surface area contributed by atoms with E-state index in [0.717, 1.165) is 6.42 Å². The van der Waals surface area contributed by atoms with Gasteiger partial charge >= 0.3 is 0 Å². The average molecular weight is 205 g/mol. The maximum atomic E-state index is 2.33. The summed E-state index contributed by atoms with van der Waals surface area (Å²) in [6.45, 7) is 6.92. The summed E-state index contributed by atoms with van der Waals surface area (Å²) in [4.78, 5) is 2.33. The molecule has 0 aliphatic heterocycles. The molecular weight excluding hydrogens is 182 g/mol. The van der Waals surface area contributed by atoms with E-state index in [9.17, 15) is 0 Å². The van der Waals surface area contributed by atoms with Crippen LogP contribution in [0.5, 0.6) is 0 Å². The Morgan fingerprint density at radius 1 is 1.07 bits per heavy atom. The van der Waals surface area contributed by atoms with Crippen LogP contribution in [0.4, 0.5) is 0 Å². The maximum absolute atomic E-state index is 2.33. The lowest BCUT2D eigenvalue weighted by Crippen LogP contribution is -2.41. The van der Waals surface area contributed by atoms with E-state index in [1.807, 2.05) is 0 Å². The van der Waals surface area contributed by atoms with Gasteiger partial charge in [0.2, 0.25) is 0 Å².